The van der Waals surface area contributed by atoms with Crippen LogP contribution < -0.4 is 10.6 Å². The average Bonchev–Trinajstić information content (AvgIpc) is 3.34. The van der Waals surface area contributed by atoms with Crippen LogP contribution in [0.2, 0.25) is 0 Å². The van der Waals surface area contributed by atoms with Gasteiger partial charge in [0, 0.05) is 25.5 Å². The Labute approximate surface area is 156 Å². The van der Waals surface area contributed by atoms with E-state index in [0.717, 1.165) is 12.1 Å². The number of aryl methyl sites for hydroxylation is 1. The Kier molecular flexibility index (Phi) is 4.28. The van der Waals surface area contributed by atoms with Crippen LogP contribution in [0.5, 0.6) is 0 Å². The van der Waals surface area contributed by atoms with E-state index in [9.17, 15) is 18.0 Å². The number of carbonyl (C=O) groups excluding carboxylic acids is 1. The summed E-state index contributed by atoms with van der Waals surface area (Å²) >= 11 is 0. The van der Waals surface area contributed by atoms with Crippen molar-refractivity contribution < 1.29 is 22.4 Å². The van der Waals surface area contributed by atoms with Crippen molar-refractivity contribution >= 4 is 17.4 Å². The van der Waals surface area contributed by atoms with E-state index in [1.807, 2.05) is 0 Å². The molecule has 3 aromatic rings. The van der Waals surface area contributed by atoms with Crippen molar-refractivity contribution in [2.75, 3.05) is 11.9 Å². The predicted molar refractivity (Wildman–Crippen MR) is 91.6 cm³/mol. The van der Waals surface area contributed by atoms with Gasteiger partial charge in [-0.15, -0.1) is 10.2 Å². The van der Waals surface area contributed by atoms with Gasteiger partial charge in [-0.1, -0.05) is 0 Å². The Morgan fingerprint density at radius 2 is 2.00 bits per heavy atom. The molecular weight excluding hydrogens is 377 g/mol. The molecule has 1 aromatic carbocycles. The molecule has 1 amide bonds. The van der Waals surface area contributed by atoms with E-state index >= 15 is 0 Å². The van der Waals surface area contributed by atoms with Gasteiger partial charge < -0.3 is 15.1 Å². The van der Waals surface area contributed by atoms with Gasteiger partial charge >= 0.3 is 6.18 Å². The molecule has 1 saturated heterocycles. The molecule has 146 valence electrons. The van der Waals surface area contributed by atoms with Crippen LogP contribution in [0.1, 0.15) is 23.8 Å². The third kappa shape index (κ3) is 3.42. The summed E-state index contributed by atoms with van der Waals surface area (Å²) in [6, 6.07) is 4.58. The maximum atomic E-state index is 12.7. The molecule has 0 aliphatic carbocycles. The quantitative estimate of drug-likeness (QED) is 0.709. The summed E-state index contributed by atoms with van der Waals surface area (Å²) in [7, 11) is 1.68. The fourth-order valence-corrected chi connectivity index (χ4v) is 2.93. The van der Waals surface area contributed by atoms with Crippen LogP contribution in [0.25, 0.3) is 11.5 Å². The number of hydrogen-bond acceptors (Lipinski definition) is 6. The van der Waals surface area contributed by atoms with Crippen molar-refractivity contribution in [3.8, 4) is 11.5 Å². The molecule has 2 aromatic heterocycles. The summed E-state index contributed by atoms with van der Waals surface area (Å²) in [5.41, 5.74) is 0.151. The lowest BCUT2D eigenvalue weighted by Gasteiger charge is -2.08. The number of alkyl halides is 3. The molecule has 4 rings (SSSR count). The van der Waals surface area contributed by atoms with E-state index in [1.165, 1.54) is 16.8 Å². The van der Waals surface area contributed by atoms with Crippen LogP contribution in [-0.4, -0.2) is 32.4 Å². The first-order chi connectivity index (χ1) is 13.3. The van der Waals surface area contributed by atoms with Crippen LogP contribution in [0, 0.1) is 0 Å². The molecule has 0 unspecified atom stereocenters. The van der Waals surface area contributed by atoms with Crippen molar-refractivity contribution in [3.63, 3.8) is 0 Å². The van der Waals surface area contributed by atoms with Crippen LogP contribution >= 0.6 is 0 Å². The zero-order chi connectivity index (χ0) is 19.9. The van der Waals surface area contributed by atoms with Gasteiger partial charge in [-0.2, -0.15) is 18.3 Å². The van der Waals surface area contributed by atoms with Crippen molar-refractivity contribution in [2.24, 2.45) is 7.05 Å². The molecule has 28 heavy (non-hydrogen) atoms. The number of nitrogens with one attached hydrogen (secondary N) is 2. The SMILES string of the molecule is Cn1cc(-c2nnc([C@H]3CCNC3=O)o2)c(Nc2ccc(C(F)(F)F)cc2)n1. The van der Waals surface area contributed by atoms with Crippen LogP contribution in [0.3, 0.4) is 0 Å². The van der Waals surface area contributed by atoms with Crippen molar-refractivity contribution in [2.45, 2.75) is 18.5 Å². The molecule has 11 heteroatoms. The smallest absolute Gasteiger partial charge is 0.416 e. The molecule has 0 bridgehead atoms. The predicted octanol–water partition coefficient (Wildman–Crippen LogP) is 2.84. The molecular formula is C17H15F3N6O2. The standard InChI is InChI=1S/C17H15F3N6O2/c1-26-8-12(16-24-23-15(28-16)11-6-7-21-14(11)27)13(25-26)22-10-4-2-9(3-5-10)17(18,19)20/h2-5,8,11H,6-7H2,1H3,(H,21,27)(H,22,25)/t11-/m0/s1. The minimum atomic E-state index is -4.40. The van der Waals surface area contributed by atoms with E-state index in [1.54, 1.807) is 13.2 Å². The lowest BCUT2D eigenvalue weighted by atomic mass is 10.1. The molecule has 1 aliphatic rings. The van der Waals surface area contributed by atoms with Gasteiger partial charge in [0.15, 0.2) is 5.82 Å². The minimum absolute atomic E-state index is 0.163. The number of hydrogen-bond donors (Lipinski definition) is 2. The van der Waals surface area contributed by atoms with Gasteiger partial charge in [0.2, 0.25) is 11.8 Å². The normalized spacial score (nSPS) is 17.0. The monoisotopic (exact) mass is 392 g/mol. The average molecular weight is 392 g/mol. The van der Waals surface area contributed by atoms with Gasteiger partial charge in [0.05, 0.1) is 5.56 Å². The van der Waals surface area contributed by atoms with Crippen LogP contribution in [0.4, 0.5) is 24.7 Å². The lowest BCUT2D eigenvalue weighted by Crippen LogP contribution is -2.18. The summed E-state index contributed by atoms with van der Waals surface area (Å²) < 4.78 is 45.3. The summed E-state index contributed by atoms with van der Waals surface area (Å²) in [6.07, 6.45) is -2.19. The molecule has 3 heterocycles. The van der Waals surface area contributed by atoms with E-state index < -0.39 is 17.7 Å². The highest BCUT2D eigenvalue weighted by molar-refractivity contribution is 5.84. The Morgan fingerprint density at radius 3 is 2.64 bits per heavy atom. The van der Waals surface area contributed by atoms with Crippen LogP contribution in [0.15, 0.2) is 34.9 Å². The molecule has 2 N–H and O–H groups in total. The third-order valence-electron chi connectivity index (χ3n) is 4.32. The first-order valence-electron chi connectivity index (χ1n) is 8.40. The number of amides is 1. The fraction of sp³-hybridized carbons (Fsp3) is 0.294. The van der Waals surface area contributed by atoms with Crippen LogP contribution in [-0.2, 0) is 18.0 Å². The number of anilines is 2. The molecule has 1 aliphatic heterocycles. The zero-order valence-electron chi connectivity index (χ0n) is 14.6. The van der Waals surface area contributed by atoms with Gasteiger partial charge in [-0.05, 0) is 30.7 Å². The highest BCUT2D eigenvalue weighted by Crippen LogP contribution is 2.33. The van der Waals surface area contributed by atoms with Gasteiger partial charge in [-0.25, -0.2) is 0 Å². The second kappa shape index (κ2) is 6.66. The number of aromatic nitrogens is 4. The molecule has 0 radical (unpaired) electrons. The molecule has 1 fully saturated rings. The number of rotatable bonds is 4. The van der Waals surface area contributed by atoms with Gasteiger partial charge in [-0.3, -0.25) is 9.48 Å². The Balaban J connectivity index is 1.59. The Bertz CT molecular complexity index is 1010. The fourth-order valence-electron chi connectivity index (χ4n) is 2.93. The summed E-state index contributed by atoms with van der Waals surface area (Å²) in [5.74, 6) is 0.0774. The van der Waals surface area contributed by atoms with Crippen molar-refractivity contribution in [1.29, 1.82) is 0 Å². The van der Waals surface area contributed by atoms with Gasteiger partial charge in [0.1, 0.15) is 11.5 Å². The number of halogens is 3. The zero-order valence-corrected chi connectivity index (χ0v) is 14.6. The highest BCUT2D eigenvalue weighted by Gasteiger charge is 2.32. The summed E-state index contributed by atoms with van der Waals surface area (Å²) in [5, 5.41) is 17.9. The summed E-state index contributed by atoms with van der Waals surface area (Å²) in [6.45, 7) is 0.550. The van der Waals surface area contributed by atoms with E-state index in [0.29, 0.717) is 30.0 Å². The Hall–Kier alpha value is -3.37. The first-order valence-corrected chi connectivity index (χ1v) is 8.40. The summed E-state index contributed by atoms with van der Waals surface area (Å²) in [4.78, 5) is 11.8. The third-order valence-corrected chi connectivity index (χ3v) is 4.32. The van der Waals surface area contributed by atoms with E-state index in [4.69, 9.17) is 4.42 Å². The maximum absolute atomic E-state index is 12.7. The topological polar surface area (TPSA) is 97.9 Å². The molecule has 0 spiro atoms. The van der Waals surface area contributed by atoms with Gasteiger partial charge in [0.25, 0.3) is 5.89 Å². The molecule has 0 saturated carbocycles. The molecule has 1 atom stereocenters. The number of benzene rings is 1. The largest absolute Gasteiger partial charge is 0.420 e. The Morgan fingerprint density at radius 1 is 1.25 bits per heavy atom. The maximum Gasteiger partial charge on any atom is 0.416 e. The number of carbonyl (C=O) groups is 1. The number of nitrogens with zero attached hydrogens (tertiary/aromatic N) is 4. The lowest BCUT2D eigenvalue weighted by molar-refractivity contribution is -0.137. The van der Waals surface area contributed by atoms with E-state index in [2.05, 4.69) is 25.9 Å². The minimum Gasteiger partial charge on any atom is -0.420 e. The van der Waals surface area contributed by atoms with Crippen molar-refractivity contribution in [3.05, 3.63) is 41.9 Å². The molecule has 8 nitrogen and oxygen atoms in total. The highest BCUT2D eigenvalue weighted by atomic mass is 19.4. The second-order valence-electron chi connectivity index (χ2n) is 6.34. The van der Waals surface area contributed by atoms with E-state index in [-0.39, 0.29) is 17.7 Å². The second-order valence-corrected chi connectivity index (χ2v) is 6.34. The first kappa shape index (κ1) is 18.0. The van der Waals surface area contributed by atoms with Crippen molar-refractivity contribution in [1.82, 2.24) is 25.3 Å².